The monoisotopic (exact) mass is 421 g/mol. The number of carbonyl (C=O) groups is 1. The van der Waals surface area contributed by atoms with Gasteiger partial charge >= 0.3 is 0 Å². The van der Waals surface area contributed by atoms with Crippen molar-refractivity contribution in [3.05, 3.63) is 53.9 Å². The summed E-state index contributed by atoms with van der Waals surface area (Å²) in [7, 11) is 1.65. The molecule has 3 aromatic rings. The maximum atomic E-state index is 12.3. The van der Waals surface area contributed by atoms with Gasteiger partial charge in [-0.1, -0.05) is 37.8 Å². The van der Waals surface area contributed by atoms with E-state index in [1.165, 1.54) is 25.7 Å². The highest BCUT2D eigenvalue weighted by atomic mass is 32.1. The van der Waals surface area contributed by atoms with Gasteiger partial charge < -0.3 is 15.4 Å². The van der Waals surface area contributed by atoms with Gasteiger partial charge in [0.15, 0.2) is 5.13 Å². The molecule has 0 radical (unpaired) electrons. The van der Waals surface area contributed by atoms with Crippen molar-refractivity contribution in [2.75, 3.05) is 17.7 Å². The molecule has 0 aliphatic heterocycles. The Morgan fingerprint density at radius 2 is 1.93 bits per heavy atom. The van der Waals surface area contributed by atoms with Crippen molar-refractivity contribution in [2.45, 2.75) is 38.5 Å². The van der Waals surface area contributed by atoms with E-state index in [1.54, 1.807) is 18.4 Å². The van der Waals surface area contributed by atoms with E-state index in [-0.39, 0.29) is 5.91 Å². The van der Waals surface area contributed by atoms with E-state index >= 15 is 0 Å². The van der Waals surface area contributed by atoms with Crippen LogP contribution >= 0.6 is 11.3 Å². The predicted molar refractivity (Wildman–Crippen MR) is 124 cm³/mol. The van der Waals surface area contributed by atoms with Crippen LogP contribution in [0, 0.1) is 5.92 Å². The fourth-order valence-corrected chi connectivity index (χ4v) is 4.62. The Morgan fingerprint density at radius 1 is 1.13 bits per heavy atom. The molecule has 156 valence electrons. The molecule has 1 heterocycles. The Kier molecular flexibility index (Phi) is 6.64. The number of carbonyl (C=O) groups excluding carboxylic acids is 1. The minimum absolute atomic E-state index is 0.0965. The third kappa shape index (κ3) is 5.39. The number of anilines is 3. The maximum absolute atomic E-state index is 12.3. The van der Waals surface area contributed by atoms with Gasteiger partial charge in [0, 0.05) is 28.7 Å². The van der Waals surface area contributed by atoms with E-state index in [9.17, 15) is 4.79 Å². The highest BCUT2D eigenvalue weighted by Gasteiger charge is 2.16. The average molecular weight is 422 g/mol. The van der Waals surface area contributed by atoms with Crippen LogP contribution < -0.4 is 15.4 Å². The molecule has 1 aromatic heterocycles. The van der Waals surface area contributed by atoms with Crippen LogP contribution in [0.1, 0.15) is 38.5 Å². The first-order valence-corrected chi connectivity index (χ1v) is 11.3. The Bertz CT molecular complexity index is 978. The molecule has 5 nitrogen and oxygen atoms in total. The van der Waals surface area contributed by atoms with Gasteiger partial charge in [0.1, 0.15) is 5.75 Å². The summed E-state index contributed by atoms with van der Waals surface area (Å²) in [6, 6.07) is 15.6. The number of hydrogen-bond acceptors (Lipinski definition) is 5. The summed E-state index contributed by atoms with van der Waals surface area (Å²) < 4.78 is 5.19. The molecule has 2 N–H and O–H groups in total. The van der Waals surface area contributed by atoms with Crippen molar-refractivity contribution in [3.8, 4) is 17.0 Å². The number of methoxy groups -OCH3 is 1. The van der Waals surface area contributed by atoms with Crippen molar-refractivity contribution in [1.82, 2.24) is 4.98 Å². The molecular weight excluding hydrogens is 394 g/mol. The number of thiazole rings is 1. The number of hydrogen-bond donors (Lipinski definition) is 2. The number of benzene rings is 2. The number of aromatic nitrogens is 1. The van der Waals surface area contributed by atoms with E-state index < -0.39 is 0 Å². The number of nitrogens with zero attached hydrogens (tertiary/aromatic N) is 1. The lowest BCUT2D eigenvalue weighted by atomic mass is 10.0. The average Bonchev–Trinajstić information content (AvgIpc) is 3.45. The van der Waals surface area contributed by atoms with Crippen LogP contribution in [0.15, 0.2) is 53.9 Å². The van der Waals surface area contributed by atoms with Crippen LogP contribution in [0.5, 0.6) is 5.75 Å². The van der Waals surface area contributed by atoms with Gasteiger partial charge in [-0.25, -0.2) is 4.98 Å². The van der Waals surface area contributed by atoms with Crippen molar-refractivity contribution < 1.29 is 9.53 Å². The van der Waals surface area contributed by atoms with Gasteiger partial charge in [0.05, 0.1) is 12.8 Å². The molecule has 0 spiro atoms. The quantitative estimate of drug-likeness (QED) is 0.437. The van der Waals surface area contributed by atoms with Gasteiger partial charge in [-0.3, -0.25) is 4.79 Å². The number of amides is 1. The Morgan fingerprint density at radius 3 is 2.70 bits per heavy atom. The molecule has 30 heavy (non-hydrogen) atoms. The third-order valence-corrected chi connectivity index (χ3v) is 6.30. The van der Waals surface area contributed by atoms with Gasteiger partial charge in [0.2, 0.25) is 5.91 Å². The van der Waals surface area contributed by atoms with Crippen LogP contribution in [0.4, 0.5) is 16.5 Å². The van der Waals surface area contributed by atoms with Crippen molar-refractivity contribution in [3.63, 3.8) is 0 Å². The first-order chi connectivity index (χ1) is 14.7. The van der Waals surface area contributed by atoms with Crippen molar-refractivity contribution in [2.24, 2.45) is 5.92 Å². The van der Waals surface area contributed by atoms with Crippen LogP contribution in [0.2, 0.25) is 0 Å². The van der Waals surface area contributed by atoms with Crippen LogP contribution in [0.3, 0.4) is 0 Å². The van der Waals surface area contributed by atoms with Crippen LogP contribution in [-0.2, 0) is 4.79 Å². The van der Waals surface area contributed by atoms with Crippen LogP contribution in [-0.4, -0.2) is 18.0 Å². The maximum Gasteiger partial charge on any atom is 0.224 e. The lowest BCUT2D eigenvalue weighted by Gasteiger charge is -2.10. The molecule has 0 bridgehead atoms. The third-order valence-electron chi connectivity index (χ3n) is 5.54. The summed E-state index contributed by atoms with van der Waals surface area (Å²) in [6.45, 7) is 0. The lowest BCUT2D eigenvalue weighted by Crippen LogP contribution is -2.12. The second kappa shape index (κ2) is 9.76. The second-order valence-corrected chi connectivity index (χ2v) is 8.57. The van der Waals surface area contributed by atoms with E-state index in [0.29, 0.717) is 6.42 Å². The number of rotatable bonds is 8. The van der Waals surface area contributed by atoms with E-state index in [4.69, 9.17) is 9.72 Å². The molecule has 1 aliphatic rings. The van der Waals surface area contributed by atoms with Gasteiger partial charge in [-0.15, -0.1) is 11.3 Å². The summed E-state index contributed by atoms with van der Waals surface area (Å²) in [6.07, 6.45) is 6.78. The minimum Gasteiger partial charge on any atom is -0.497 e. The SMILES string of the molecule is COc1ccc(Nc2nc(-c3cccc(NC(=O)CCC4CCCC4)c3)cs2)cc1. The molecule has 4 rings (SSSR count). The Labute approximate surface area is 181 Å². The first-order valence-electron chi connectivity index (χ1n) is 10.5. The largest absolute Gasteiger partial charge is 0.497 e. The molecule has 1 amide bonds. The molecule has 0 atom stereocenters. The normalized spacial score (nSPS) is 13.9. The fraction of sp³-hybridized carbons (Fsp3) is 0.333. The summed E-state index contributed by atoms with van der Waals surface area (Å²) in [5, 5.41) is 9.20. The number of ether oxygens (including phenoxy) is 1. The van der Waals surface area contributed by atoms with Crippen molar-refractivity contribution in [1.29, 1.82) is 0 Å². The van der Waals surface area contributed by atoms with Crippen LogP contribution in [0.25, 0.3) is 11.3 Å². The summed E-state index contributed by atoms with van der Waals surface area (Å²) in [4.78, 5) is 17.0. The highest BCUT2D eigenvalue weighted by Crippen LogP contribution is 2.30. The van der Waals surface area contributed by atoms with E-state index in [1.807, 2.05) is 53.9 Å². The second-order valence-electron chi connectivity index (χ2n) is 7.71. The first kappa shape index (κ1) is 20.4. The smallest absolute Gasteiger partial charge is 0.224 e. The Hall–Kier alpha value is -2.86. The number of nitrogens with one attached hydrogen (secondary N) is 2. The molecule has 6 heteroatoms. The molecule has 0 unspecified atom stereocenters. The zero-order valence-corrected chi connectivity index (χ0v) is 18.0. The molecule has 1 aliphatic carbocycles. The zero-order valence-electron chi connectivity index (χ0n) is 17.2. The van der Waals surface area contributed by atoms with Crippen molar-refractivity contribution >= 4 is 33.8 Å². The standard InChI is InChI=1S/C24H27N3O2S/c1-29-21-12-10-19(11-13-21)26-24-27-22(16-30-24)18-7-4-8-20(15-18)25-23(28)14-9-17-5-2-3-6-17/h4,7-8,10-13,15-17H,2-3,5-6,9,14H2,1H3,(H,25,28)(H,26,27). The summed E-state index contributed by atoms with van der Waals surface area (Å²) in [5.41, 5.74) is 3.65. The van der Waals surface area contributed by atoms with Gasteiger partial charge in [-0.2, -0.15) is 0 Å². The van der Waals surface area contributed by atoms with E-state index in [2.05, 4.69) is 10.6 Å². The van der Waals surface area contributed by atoms with Gasteiger partial charge in [0.25, 0.3) is 0 Å². The highest BCUT2D eigenvalue weighted by molar-refractivity contribution is 7.14. The molecule has 1 fully saturated rings. The molecule has 1 saturated carbocycles. The summed E-state index contributed by atoms with van der Waals surface area (Å²) in [5.74, 6) is 1.65. The minimum atomic E-state index is 0.0965. The Balaban J connectivity index is 1.36. The van der Waals surface area contributed by atoms with E-state index in [0.717, 1.165) is 45.9 Å². The fourth-order valence-electron chi connectivity index (χ4n) is 3.88. The topological polar surface area (TPSA) is 63.2 Å². The zero-order chi connectivity index (χ0) is 20.8. The molecule has 2 aromatic carbocycles. The predicted octanol–water partition coefficient (Wildman–Crippen LogP) is 6.47. The summed E-state index contributed by atoms with van der Waals surface area (Å²) >= 11 is 1.55. The lowest BCUT2D eigenvalue weighted by molar-refractivity contribution is -0.116. The molecular formula is C24H27N3O2S. The van der Waals surface area contributed by atoms with Gasteiger partial charge in [-0.05, 0) is 48.7 Å². The molecule has 0 saturated heterocycles.